The fourth-order valence-electron chi connectivity index (χ4n) is 1.75. The molecular formula is C15H13N3OS3. The number of anilines is 1. The summed E-state index contributed by atoms with van der Waals surface area (Å²) in [5, 5.41) is 7.06. The molecule has 7 heteroatoms. The minimum atomic E-state index is -0.223. The summed E-state index contributed by atoms with van der Waals surface area (Å²) in [5.41, 5.74) is 2.03. The van der Waals surface area contributed by atoms with Gasteiger partial charge in [0.25, 0.3) is 0 Å². The Morgan fingerprint density at radius 2 is 2.09 bits per heavy atom. The topological polar surface area (TPSA) is 54.9 Å². The van der Waals surface area contributed by atoms with Crippen LogP contribution in [0.25, 0.3) is 11.3 Å². The molecule has 0 aliphatic rings. The smallest absolute Gasteiger partial charge is 0.239 e. The second-order valence-corrected chi connectivity index (χ2v) is 7.79. The number of nitrogens with one attached hydrogen (secondary N) is 1. The van der Waals surface area contributed by atoms with Gasteiger partial charge in [-0.1, -0.05) is 42.1 Å². The van der Waals surface area contributed by atoms with E-state index in [-0.39, 0.29) is 11.2 Å². The number of thiazole rings is 2. The van der Waals surface area contributed by atoms with Crippen molar-refractivity contribution in [2.24, 2.45) is 0 Å². The molecule has 1 amide bonds. The first kappa shape index (κ1) is 15.2. The highest BCUT2D eigenvalue weighted by Gasteiger charge is 2.17. The Kier molecular flexibility index (Phi) is 4.87. The molecule has 1 aromatic carbocycles. The van der Waals surface area contributed by atoms with Crippen LogP contribution in [0.5, 0.6) is 0 Å². The lowest BCUT2D eigenvalue weighted by Crippen LogP contribution is -2.22. The van der Waals surface area contributed by atoms with Crippen LogP contribution in [0.1, 0.15) is 6.92 Å². The van der Waals surface area contributed by atoms with Gasteiger partial charge < -0.3 is 5.32 Å². The van der Waals surface area contributed by atoms with Crippen molar-refractivity contribution in [1.82, 2.24) is 9.97 Å². The maximum absolute atomic E-state index is 12.1. The summed E-state index contributed by atoms with van der Waals surface area (Å²) in [6.45, 7) is 1.87. The Bertz CT molecular complexity index is 741. The third-order valence-electron chi connectivity index (χ3n) is 2.86. The molecule has 112 valence electrons. The van der Waals surface area contributed by atoms with Gasteiger partial charge in [0.05, 0.1) is 10.9 Å². The van der Waals surface area contributed by atoms with Gasteiger partial charge in [0.1, 0.15) is 0 Å². The number of amides is 1. The number of hydrogen-bond donors (Lipinski definition) is 1. The molecule has 0 radical (unpaired) electrons. The molecule has 2 heterocycles. The van der Waals surface area contributed by atoms with Crippen LogP contribution < -0.4 is 5.32 Å². The van der Waals surface area contributed by atoms with E-state index in [9.17, 15) is 4.79 Å². The number of carbonyl (C=O) groups excluding carboxylic acids is 1. The van der Waals surface area contributed by atoms with E-state index < -0.39 is 0 Å². The molecule has 22 heavy (non-hydrogen) atoms. The van der Waals surface area contributed by atoms with Gasteiger partial charge in [-0.3, -0.25) is 4.79 Å². The van der Waals surface area contributed by atoms with Gasteiger partial charge >= 0.3 is 0 Å². The summed E-state index contributed by atoms with van der Waals surface area (Å²) < 4.78 is 0.889. The first-order valence-electron chi connectivity index (χ1n) is 6.60. The number of aromatic nitrogens is 2. The molecule has 0 saturated carbocycles. The largest absolute Gasteiger partial charge is 0.301 e. The molecule has 1 N–H and O–H groups in total. The average molecular weight is 347 g/mol. The second-order valence-electron chi connectivity index (χ2n) is 4.45. The van der Waals surface area contributed by atoms with Crippen LogP contribution in [0.4, 0.5) is 5.13 Å². The Labute approximate surface area is 140 Å². The molecule has 0 spiro atoms. The normalized spacial score (nSPS) is 12.0. The monoisotopic (exact) mass is 347 g/mol. The highest BCUT2D eigenvalue weighted by molar-refractivity contribution is 8.02. The molecule has 3 rings (SSSR count). The van der Waals surface area contributed by atoms with Crippen LogP contribution in [0, 0.1) is 0 Å². The van der Waals surface area contributed by atoms with Crippen molar-refractivity contribution >= 4 is 45.5 Å². The quantitative estimate of drug-likeness (QED) is 0.696. The summed E-state index contributed by atoms with van der Waals surface area (Å²) in [6, 6.07) is 10.0. The fraction of sp³-hybridized carbons (Fsp3) is 0.133. The van der Waals surface area contributed by atoms with Crippen molar-refractivity contribution in [3.05, 3.63) is 47.3 Å². The van der Waals surface area contributed by atoms with E-state index in [4.69, 9.17) is 0 Å². The van der Waals surface area contributed by atoms with E-state index in [2.05, 4.69) is 15.3 Å². The van der Waals surface area contributed by atoms with Crippen molar-refractivity contribution < 1.29 is 4.79 Å². The highest BCUT2D eigenvalue weighted by atomic mass is 32.2. The van der Waals surface area contributed by atoms with Gasteiger partial charge in [-0.2, -0.15) is 0 Å². The van der Waals surface area contributed by atoms with E-state index in [1.165, 1.54) is 23.1 Å². The lowest BCUT2D eigenvalue weighted by Gasteiger charge is -2.08. The first-order chi connectivity index (χ1) is 10.7. The highest BCUT2D eigenvalue weighted by Crippen LogP contribution is 2.31. The molecule has 0 aliphatic carbocycles. The van der Waals surface area contributed by atoms with E-state index in [0.717, 1.165) is 15.6 Å². The van der Waals surface area contributed by atoms with Gasteiger partial charge in [-0.25, -0.2) is 9.97 Å². The summed E-state index contributed by atoms with van der Waals surface area (Å²) in [6.07, 6.45) is 1.67. The minimum Gasteiger partial charge on any atom is -0.301 e. The van der Waals surface area contributed by atoms with Crippen LogP contribution in [-0.2, 0) is 4.79 Å². The van der Waals surface area contributed by atoms with Crippen molar-refractivity contribution in [1.29, 1.82) is 0 Å². The molecule has 0 fully saturated rings. The van der Waals surface area contributed by atoms with Gasteiger partial charge in [0.2, 0.25) is 5.91 Å². The zero-order valence-electron chi connectivity index (χ0n) is 11.7. The molecule has 0 bridgehead atoms. The fourth-order valence-corrected chi connectivity index (χ4v) is 4.25. The van der Waals surface area contributed by atoms with Crippen molar-refractivity contribution in [2.45, 2.75) is 16.5 Å². The number of nitrogens with zero attached hydrogens (tertiary/aromatic N) is 2. The van der Waals surface area contributed by atoms with Gasteiger partial charge in [-0.15, -0.1) is 22.7 Å². The van der Waals surface area contributed by atoms with Crippen LogP contribution in [-0.4, -0.2) is 21.1 Å². The predicted octanol–water partition coefficient (Wildman–Crippen LogP) is 4.39. The van der Waals surface area contributed by atoms with E-state index in [1.54, 1.807) is 17.5 Å². The van der Waals surface area contributed by atoms with Crippen molar-refractivity contribution in [3.8, 4) is 11.3 Å². The third kappa shape index (κ3) is 3.73. The number of hydrogen-bond acceptors (Lipinski definition) is 6. The Morgan fingerprint density at radius 3 is 2.82 bits per heavy atom. The minimum absolute atomic E-state index is 0.0589. The van der Waals surface area contributed by atoms with Crippen LogP contribution in [0.2, 0.25) is 0 Å². The van der Waals surface area contributed by atoms with Crippen molar-refractivity contribution in [3.63, 3.8) is 0 Å². The SMILES string of the molecule is C[C@H](Sc1nc(-c2ccccc2)cs1)C(=O)Nc1nccs1. The molecule has 3 aromatic rings. The van der Waals surface area contributed by atoms with Gasteiger partial charge in [0, 0.05) is 22.5 Å². The Hall–Kier alpha value is -1.70. The van der Waals surface area contributed by atoms with Crippen LogP contribution in [0.15, 0.2) is 51.6 Å². The molecule has 0 unspecified atom stereocenters. The maximum Gasteiger partial charge on any atom is 0.239 e. The van der Waals surface area contributed by atoms with Gasteiger partial charge in [-0.05, 0) is 6.92 Å². The lowest BCUT2D eigenvalue weighted by atomic mass is 10.2. The summed E-state index contributed by atoms with van der Waals surface area (Å²) in [5.74, 6) is -0.0589. The predicted molar refractivity (Wildman–Crippen MR) is 93.6 cm³/mol. The zero-order valence-corrected chi connectivity index (χ0v) is 14.2. The summed E-state index contributed by atoms with van der Waals surface area (Å²) >= 11 is 4.43. The summed E-state index contributed by atoms with van der Waals surface area (Å²) in [7, 11) is 0. The van der Waals surface area contributed by atoms with E-state index in [1.807, 2.05) is 48.0 Å². The zero-order chi connectivity index (χ0) is 15.4. The number of thioether (sulfide) groups is 1. The maximum atomic E-state index is 12.1. The van der Waals surface area contributed by atoms with E-state index >= 15 is 0 Å². The second kappa shape index (κ2) is 7.04. The van der Waals surface area contributed by atoms with E-state index in [0.29, 0.717) is 5.13 Å². The molecule has 0 saturated heterocycles. The molecule has 1 atom stereocenters. The van der Waals surface area contributed by atoms with Crippen LogP contribution >= 0.6 is 34.4 Å². The molecule has 2 aromatic heterocycles. The van der Waals surface area contributed by atoms with Crippen molar-refractivity contribution in [2.75, 3.05) is 5.32 Å². The number of benzene rings is 1. The Balaban J connectivity index is 1.63. The average Bonchev–Trinajstić information content (AvgIpc) is 3.20. The molecular weight excluding hydrogens is 334 g/mol. The lowest BCUT2D eigenvalue weighted by molar-refractivity contribution is -0.115. The molecule has 0 aliphatic heterocycles. The number of rotatable bonds is 5. The summed E-state index contributed by atoms with van der Waals surface area (Å²) in [4.78, 5) is 20.7. The Morgan fingerprint density at radius 1 is 1.27 bits per heavy atom. The standard InChI is InChI=1S/C15H13N3OS3/c1-10(13(19)18-14-16-7-8-20-14)22-15-17-12(9-21-15)11-5-3-2-4-6-11/h2-10H,1H3,(H,16,18,19)/t10-/m0/s1. The number of carbonyl (C=O) groups is 1. The molecule has 4 nitrogen and oxygen atoms in total. The van der Waals surface area contributed by atoms with Gasteiger partial charge in [0.15, 0.2) is 9.47 Å². The first-order valence-corrected chi connectivity index (χ1v) is 9.24. The third-order valence-corrected chi connectivity index (χ3v) is 5.62. The van der Waals surface area contributed by atoms with Crippen LogP contribution in [0.3, 0.4) is 0 Å².